The molecule has 0 fully saturated rings. The maximum absolute atomic E-state index is 13.4. The number of furan rings is 1. The van der Waals surface area contributed by atoms with E-state index < -0.39 is 35.3 Å². The molecule has 1 N–H and O–H groups in total. The lowest BCUT2D eigenvalue weighted by Crippen LogP contribution is -2.30. The Labute approximate surface area is 131 Å². The summed E-state index contributed by atoms with van der Waals surface area (Å²) in [5, 5.41) is 2.07. The third-order valence-electron chi connectivity index (χ3n) is 3.04. The van der Waals surface area contributed by atoms with Gasteiger partial charge >= 0.3 is 5.97 Å². The Morgan fingerprint density at radius 2 is 1.91 bits per heavy atom. The third-order valence-corrected chi connectivity index (χ3v) is 3.04. The number of hydrogen-bond acceptors (Lipinski definition) is 4. The summed E-state index contributed by atoms with van der Waals surface area (Å²) < 4.78 is 36.9. The Kier molecular flexibility index (Phi) is 5.46. The van der Waals surface area contributed by atoms with Crippen LogP contribution in [0.3, 0.4) is 0 Å². The van der Waals surface area contributed by atoms with Crippen molar-refractivity contribution in [2.45, 2.75) is 25.9 Å². The highest BCUT2D eigenvalue weighted by Crippen LogP contribution is 2.18. The predicted octanol–water partition coefficient (Wildman–Crippen LogP) is 3.06. The molecule has 7 heteroatoms. The summed E-state index contributed by atoms with van der Waals surface area (Å²) in [5.74, 6) is -2.63. The van der Waals surface area contributed by atoms with Crippen molar-refractivity contribution in [1.82, 2.24) is 0 Å². The minimum absolute atomic E-state index is 0.0270. The van der Waals surface area contributed by atoms with Gasteiger partial charge in [-0.3, -0.25) is 9.59 Å². The van der Waals surface area contributed by atoms with Crippen molar-refractivity contribution in [3.8, 4) is 0 Å². The van der Waals surface area contributed by atoms with Gasteiger partial charge in [-0.1, -0.05) is 6.07 Å². The number of aryl methyl sites for hydroxylation is 1. The Bertz CT molecular complexity index is 665. The van der Waals surface area contributed by atoms with Gasteiger partial charge in [0.1, 0.15) is 23.1 Å². The highest BCUT2D eigenvalue weighted by atomic mass is 19.1. The second kappa shape index (κ2) is 7.53. The molecule has 122 valence electrons. The molecule has 1 aromatic carbocycles. The van der Waals surface area contributed by atoms with E-state index in [1.165, 1.54) is 19.3 Å². The molecule has 0 bridgehead atoms. The Balaban J connectivity index is 1.86. The van der Waals surface area contributed by atoms with Gasteiger partial charge in [-0.15, -0.1) is 0 Å². The number of ether oxygens (including phenoxy) is 1. The molecule has 1 amide bonds. The second-order valence-electron chi connectivity index (χ2n) is 4.80. The van der Waals surface area contributed by atoms with E-state index in [9.17, 15) is 18.4 Å². The smallest absolute Gasteiger partial charge is 0.307 e. The standard InChI is InChI=1S/C16H15F2NO4/c1-10(23-14(20)8-7-11-4-3-9-22-11)16(21)19-15-12(17)5-2-6-13(15)18/h2-6,9-10H,7-8H2,1H3,(H,19,21)/t10-/m0/s1. The number of para-hydroxylation sites is 1. The number of nitrogens with one attached hydrogen (secondary N) is 1. The molecule has 0 unspecified atom stereocenters. The zero-order valence-electron chi connectivity index (χ0n) is 12.3. The van der Waals surface area contributed by atoms with Crippen LogP contribution in [0.25, 0.3) is 0 Å². The van der Waals surface area contributed by atoms with E-state index in [-0.39, 0.29) is 6.42 Å². The molecule has 2 aromatic rings. The predicted molar refractivity (Wildman–Crippen MR) is 77.6 cm³/mol. The summed E-state index contributed by atoms with van der Waals surface area (Å²) in [7, 11) is 0. The van der Waals surface area contributed by atoms with Gasteiger partial charge < -0.3 is 14.5 Å². The van der Waals surface area contributed by atoms with Gasteiger partial charge in [-0.2, -0.15) is 0 Å². The van der Waals surface area contributed by atoms with Crippen molar-refractivity contribution in [2.75, 3.05) is 5.32 Å². The van der Waals surface area contributed by atoms with Crippen LogP contribution < -0.4 is 5.32 Å². The van der Waals surface area contributed by atoms with Gasteiger partial charge in [-0.25, -0.2) is 8.78 Å². The lowest BCUT2D eigenvalue weighted by Gasteiger charge is -2.14. The monoisotopic (exact) mass is 323 g/mol. The van der Waals surface area contributed by atoms with E-state index in [2.05, 4.69) is 5.32 Å². The van der Waals surface area contributed by atoms with Crippen molar-refractivity contribution in [1.29, 1.82) is 0 Å². The molecule has 1 atom stereocenters. The van der Waals surface area contributed by atoms with Crippen LogP contribution in [0.1, 0.15) is 19.1 Å². The second-order valence-corrected chi connectivity index (χ2v) is 4.80. The Morgan fingerprint density at radius 1 is 1.22 bits per heavy atom. The van der Waals surface area contributed by atoms with E-state index in [0.717, 1.165) is 12.1 Å². The fraction of sp³-hybridized carbons (Fsp3) is 0.250. The first-order valence-electron chi connectivity index (χ1n) is 6.94. The quantitative estimate of drug-likeness (QED) is 0.830. The topological polar surface area (TPSA) is 68.5 Å². The molecule has 0 saturated heterocycles. The molecule has 2 rings (SSSR count). The molecular weight excluding hydrogens is 308 g/mol. The minimum atomic E-state index is -1.18. The van der Waals surface area contributed by atoms with Crippen LogP contribution in [-0.4, -0.2) is 18.0 Å². The number of amides is 1. The normalized spacial score (nSPS) is 11.8. The number of carbonyl (C=O) groups is 2. The molecule has 1 aromatic heterocycles. The largest absolute Gasteiger partial charge is 0.469 e. The van der Waals surface area contributed by atoms with Gasteiger partial charge in [0.2, 0.25) is 0 Å². The molecule has 5 nitrogen and oxygen atoms in total. The van der Waals surface area contributed by atoms with Crippen molar-refractivity contribution in [3.05, 3.63) is 54.0 Å². The van der Waals surface area contributed by atoms with Crippen molar-refractivity contribution >= 4 is 17.6 Å². The zero-order valence-corrected chi connectivity index (χ0v) is 12.3. The number of rotatable bonds is 6. The van der Waals surface area contributed by atoms with Crippen molar-refractivity contribution < 1.29 is 27.5 Å². The molecule has 0 radical (unpaired) electrons. The van der Waals surface area contributed by atoms with Crippen molar-refractivity contribution in [2.24, 2.45) is 0 Å². The van der Waals surface area contributed by atoms with Gasteiger partial charge in [0.25, 0.3) is 5.91 Å². The Morgan fingerprint density at radius 3 is 2.52 bits per heavy atom. The molecular formula is C16H15F2NO4. The van der Waals surface area contributed by atoms with Crippen LogP contribution in [0, 0.1) is 11.6 Å². The first-order valence-corrected chi connectivity index (χ1v) is 6.94. The highest BCUT2D eigenvalue weighted by Gasteiger charge is 2.20. The van der Waals surface area contributed by atoms with E-state index in [1.54, 1.807) is 12.1 Å². The fourth-order valence-corrected chi connectivity index (χ4v) is 1.83. The molecule has 0 aliphatic carbocycles. The maximum Gasteiger partial charge on any atom is 0.307 e. The minimum Gasteiger partial charge on any atom is -0.469 e. The van der Waals surface area contributed by atoms with Crippen LogP contribution in [0.4, 0.5) is 14.5 Å². The van der Waals surface area contributed by atoms with E-state index >= 15 is 0 Å². The van der Waals surface area contributed by atoms with Gasteiger partial charge in [0, 0.05) is 6.42 Å². The Hall–Kier alpha value is -2.70. The van der Waals surface area contributed by atoms with Gasteiger partial charge in [0.05, 0.1) is 12.7 Å². The first kappa shape index (κ1) is 16.7. The van der Waals surface area contributed by atoms with Crippen LogP contribution >= 0.6 is 0 Å². The number of anilines is 1. The van der Waals surface area contributed by atoms with Gasteiger partial charge in [0.15, 0.2) is 6.10 Å². The molecule has 0 aliphatic rings. The SMILES string of the molecule is C[C@H](OC(=O)CCc1ccco1)C(=O)Nc1c(F)cccc1F. The lowest BCUT2D eigenvalue weighted by molar-refractivity contribution is -0.153. The van der Waals surface area contributed by atoms with E-state index in [1.807, 2.05) is 0 Å². The van der Waals surface area contributed by atoms with E-state index in [4.69, 9.17) is 9.15 Å². The third kappa shape index (κ3) is 4.64. The lowest BCUT2D eigenvalue weighted by atomic mass is 10.2. The number of halogens is 2. The number of hydrogen-bond donors (Lipinski definition) is 1. The molecule has 0 saturated carbocycles. The average Bonchev–Trinajstić information content (AvgIpc) is 3.02. The summed E-state index contributed by atoms with van der Waals surface area (Å²) in [6.45, 7) is 1.32. The zero-order chi connectivity index (χ0) is 16.8. The first-order chi connectivity index (χ1) is 11.0. The van der Waals surface area contributed by atoms with Gasteiger partial charge in [-0.05, 0) is 31.2 Å². The molecule has 0 spiro atoms. The van der Waals surface area contributed by atoms with Crippen LogP contribution in [0.5, 0.6) is 0 Å². The van der Waals surface area contributed by atoms with Crippen LogP contribution in [-0.2, 0) is 20.7 Å². The number of carbonyl (C=O) groups excluding carboxylic acids is 2. The van der Waals surface area contributed by atoms with Crippen molar-refractivity contribution in [3.63, 3.8) is 0 Å². The summed E-state index contributed by atoms with van der Waals surface area (Å²) in [4.78, 5) is 23.5. The summed E-state index contributed by atoms with van der Waals surface area (Å²) >= 11 is 0. The molecule has 1 heterocycles. The number of benzene rings is 1. The summed E-state index contributed by atoms with van der Waals surface area (Å²) in [5.41, 5.74) is -0.573. The fourth-order valence-electron chi connectivity index (χ4n) is 1.83. The van der Waals surface area contributed by atoms with E-state index in [0.29, 0.717) is 12.2 Å². The highest BCUT2D eigenvalue weighted by molar-refractivity contribution is 5.95. The maximum atomic E-state index is 13.4. The molecule has 23 heavy (non-hydrogen) atoms. The summed E-state index contributed by atoms with van der Waals surface area (Å²) in [6, 6.07) is 6.61. The average molecular weight is 323 g/mol. The van der Waals surface area contributed by atoms with Crippen LogP contribution in [0.15, 0.2) is 41.0 Å². The molecule has 0 aliphatic heterocycles. The summed E-state index contributed by atoms with van der Waals surface area (Å²) in [6.07, 6.45) is 0.666. The number of esters is 1. The van der Waals surface area contributed by atoms with Crippen LogP contribution in [0.2, 0.25) is 0 Å².